The van der Waals surface area contributed by atoms with E-state index < -0.39 is 18.1 Å². The molecule has 0 radical (unpaired) electrons. The second-order valence-electron chi connectivity index (χ2n) is 8.63. The van der Waals surface area contributed by atoms with Crippen molar-refractivity contribution >= 4 is 11.6 Å². The fourth-order valence-corrected chi connectivity index (χ4v) is 5.02. The van der Waals surface area contributed by atoms with Crippen molar-refractivity contribution in [1.29, 1.82) is 0 Å². The van der Waals surface area contributed by atoms with Gasteiger partial charge in [-0.1, -0.05) is 31.2 Å². The molecule has 3 aromatic rings. The summed E-state index contributed by atoms with van der Waals surface area (Å²) in [6, 6.07) is 13.4. The molecule has 172 valence electrons. The van der Waals surface area contributed by atoms with Crippen molar-refractivity contribution in [2.75, 3.05) is 11.4 Å². The zero-order chi connectivity index (χ0) is 23.3. The Morgan fingerprint density at radius 2 is 1.88 bits per heavy atom. The van der Waals surface area contributed by atoms with Crippen LogP contribution in [0.2, 0.25) is 0 Å². The standard InChI is InChI=1S/C23H23F3N6O/c1-13-16-5-3-4-6-17(16)20-12-15(27-22(33)23(24,25)26)9-10-32(20)19-8-7-14(11-18(13)19)21-28-30-31(2)29-21/h3-8,11,13,15,20H,9-10,12H2,1-2H3,(H,27,33)/t13-,15-,20-/m1/s1. The molecule has 0 aliphatic carbocycles. The van der Waals surface area contributed by atoms with Gasteiger partial charge in [-0.15, -0.1) is 10.2 Å². The van der Waals surface area contributed by atoms with Crippen molar-refractivity contribution in [2.24, 2.45) is 7.05 Å². The first kappa shape index (κ1) is 21.4. The quantitative estimate of drug-likeness (QED) is 0.636. The number of rotatable bonds is 2. The van der Waals surface area contributed by atoms with Crippen LogP contribution in [0.15, 0.2) is 42.5 Å². The van der Waals surface area contributed by atoms with E-state index in [2.05, 4.69) is 44.7 Å². The van der Waals surface area contributed by atoms with E-state index in [0.717, 1.165) is 27.9 Å². The number of hydrogen-bond acceptors (Lipinski definition) is 5. The van der Waals surface area contributed by atoms with Crippen molar-refractivity contribution in [2.45, 2.75) is 43.9 Å². The average Bonchev–Trinajstić information content (AvgIpc) is 3.20. The lowest BCUT2D eigenvalue weighted by atomic mass is 9.86. The second-order valence-corrected chi connectivity index (χ2v) is 8.63. The van der Waals surface area contributed by atoms with Crippen LogP contribution >= 0.6 is 0 Å². The van der Waals surface area contributed by atoms with Crippen LogP contribution in [0, 0.1) is 0 Å². The highest BCUT2D eigenvalue weighted by atomic mass is 19.4. The zero-order valence-corrected chi connectivity index (χ0v) is 18.2. The summed E-state index contributed by atoms with van der Waals surface area (Å²) in [6.45, 7) is 2.66. The summed E-state index contributed by atoms with van der Waals surface area (Å²) in [6.07, 6.45) is -4.05. The summed E-state index contributed by atoms with van der Waals surface area (Å²) < 4.78 is 38.5. The third-order valence-corrected chi connectivity index (χ3v) is 6.59. The van der Waals surface area contributed by atoms with Crippen molar-refractivity contribution in [3.63, 3.8) is 0 Å². The molecule has 0 saturated carbocycles. The first-order chi connectivity index (χ1) is 15.7. The van der Waals surface area contributed by atoms with E-state index in [0.29, 0.717) is 25.2 Å². The maximum atomic E-state index is 12.8. The molecule has 7 nitrogen and oxygen atoms in total. The van der Waals surface area contributed by atoms with Crippen LogP contribution in [0.5, 0.6) is 0 Å². The molecular weight excluding hydrogens is 433 g/mol. The van der Waals surface area contributed by atoms with Crippen LogP contribution in [0.4, 0.5) is 18.9 Å². The summed E-state index contributed by atoms with van der Waals surface area (Å²) in [7, 11) is 1.71. The van der Waals surface area contributed by atoms with E-state index in [1.165, 1.54) is 4.80 Å². The van der Waals surface area contributed by atoms with E-state index in [1.54, 1.807) is 7.05 Å². The number of hydrogen-bond donors (Lipinski definition) is 1. The first-order valence-electron chi connectivity index (χ1n) is 10.8. The molecule has 2 aliphatic heterocycles. The summed E-state index contributed by atoms with van der Waals surface area (Å²) in [5, 5.41) is 14.6. The minimum atomic E-state index is -4.88. The molecule has 33 heavy (non-hydrogen) atoms. The van der Waals surface area contributed by atoms with Gasteiger partial charge >= 0.3 is 12.1 Å². The van der Waals surface area contributed by atoms with Gasteiger partial charge in [-0.05, 0) is 52.9 Å². The van der Waals surface area contributed by atoms with Crippen molar-refractivity contribution in [3.05, 3.63) is 59.2 Å². The van der Waals surface area contributed by atoms with Gasteiger partial charge in [-0.3, -0.25) is 4.79 Å². The number of amides is 1. The number of piperidine rings is 1. The van der Waals surface area contributed by atoms with Gasteiger partial charge in [0.15, 0.2) is 0 Å². The van der Waals surface area contributed by atoms with Crippen LogP contribution in [0.3, 0.4) is 0 Å². The number of fused-ring (bicyclic) bond motifs is 5. The number of carbonyl (C=O) groups excluding carboxylic acids is 1. The fraction of sp³-hybridized carbons (Fsp3) is 0.391. The third kappa shape index (κ3) is 3.83. The highest BCUT2D eigenvalue weighted by Crippen LogP contribution is 2.47. The predicted octanol–water partition coefficient (Wildman–Crippen LogP) is 3.73. The molecule has 3 atom stereocenters. The second kappa shape index (κ2) is 7.86. The maximum Gasteiger partial charge on any atom is 0.471 e. The van der Waals surface area contributed by atoms with Crippen molar-refractivity contribution in [3.8, 4) is 11.4 Å². The number of nitrogens with zero attached hydrogens (tertiary/aromatic N) is 5. The van der Waals surface area contributed by atoms with Gasteiger partial charge < -0.3 is 10.2 Å². The Kier molecular flexibility index (Phi) is 5.10. The van der Waals surface area contributed by atoms with Gasteiger partial charge in [-0.25, -0.2) is 0 Å². The third-order valence-electron chi connectivity index (χ3n) is 6.59. The predicted molar refractivity (Wildman–Crippen MR) is 115 cm³/mol. The normalized spacial score (nSPS) is 22.1. The summed E-state index contributed by atoms with van der Waals surface area (Å²) in [5.41, 5.74) is 5.20. The average molecular weight is 456 g/mol. The number of halogens is 3. The Labute approximate surface area is 188 Å². The van der Waals surface area contributed by atoms with Gasteiger partial charge in [0.25, 0.3) is 0 Å². The molecule has 1 saturated heterocycles. The van der Waals surface area contributed by atoms with E-state index in [9.17, 15) is 18.0 Å². The minimum absolute atomic E-state index is 0.0571. The Balaban J connectivity index is 1.55. The number of aryl methyl sites for hydroxylation is 1. The number of benzene rings is 2. The molecule has 2 aliphatic rings. The lowest BCUT2D eigenvalue weighted by Crippen LogP contribution is -2.49. The molecule has 3 heterocycles. The molecule has 5 rings (SSSR count). The lowest BCUT2D eigenvalue weighted by Gasteiger charge is -2.41. The van der Waals surface area contributed by atoms with Gasteiger partial charge in [0, 0.05) is 29.8 Å². The van der Waals surface area contributed by atoms with Gasteiger partial charge in [0.1, 0.15) is 0 Å². The summed E-state index contributed by atoms with van der Waals surface area (Å²) in [5.74, 6) is -1.28. The monoisotopic (exact) mass is 456 g/mol. The highest BCUT2D eigenvalue weighted by molar-refractivity contribution is 5.82. The summed E-state index contributed by atoms with van der Waals surface area (Å²) >= 11 is 0. The van der Waals surface area contributed by atoms with E-state index in [1.807, 2.05) is 30.3 Å². The smallest absolute Gasteiger partial charge is 0.364 e. The lowest BCUT2D eigenvalue weighted by molar-refractivity contribution is -0.174. The number of nitrogens with one attached hydrogen (secondary N) is 1. The molecule has 1 amide bonds. The largest absolute Gasteiger partial charge is 0.471 e. The Morgan fingerprint density at radius 3 is 2.58 bits per heavy atom. The SMILES string of the molecule is C[C@@H]1c2ccccc2[C@H]2C[C@H](NC(=O)C(F)(F)F)CCN2c2ccc(-c3nnn(C)n3)cc21. The number of anilines is 1. The van der Waals surface area contributed by atoms with Gasteiger partial charge in [-0.2, -0.15) is 18.0 Å². The van der Waals surface area contributed by atoms with E-state index in [4.69, 9.17) is 0 Å². The number of aromatic nitrogens is 4. The van der Waals surface area contributed by atoms with Crippen LogP contribution < -0.4 is 10.2 Å². The molecule has 10 heteroatoms. The fourth-order valence-electron chi connectivity index (χ4n) is 5.02. The molecule has 1 N–H and O–H groups in total. The molecule has 1 fully saturated rings. The molecule has 1 aromatic heterocycles. The van der Waals surface area contributed by atoms with E-state index in [-0.39, 0.29) is 12.0 Å². The number of alkyl halides is 3. The van der Waals surface area contributed by atoms with Crippen LogP contribution in [0.25, 0.3) is 11.4 Å². The van der Waals surface area contributed by atoms with Gasteiger partial charge in [0.05, 0.1) is 13.1 Å². The van der Waals surface area contributed by atoms with E-state index >= 15 is 0 Å². The molecule has 2 aromatic carbocycles. The molecular formula is C23H23F3N6O. The molecule has 0 spiro atoms. The number of carbonyl (C=O) groups is 1. The highest BCUT2D eigenvalue weighted by Gasteiger charge is 2.42. The minimum Gasteiger partial charge on any atom is -0.364 e. The topological polar surface area (TPSA) is 75.9 Å². The Hall–Kier alpha value is -3.43. The first-order valence-corrected chi connectivity index (χ1v) is 10.8. The van der Waals surface area contributed by atoms with Crippen molar-refractivity contribution < 1.29 is 18.0 Å². The van der Waals surface area contributed by atoms with Crippen LogP contribution in [-0.4, -0.2) is 44.9 Å². The van der Waals surface area contributed by atoms with Crippen molar-refractivity contribution in [1.82, 2.24) is 25.5 Å². The molecule has 0 bridgehead atoms. The summed E-state index contributed by atoms with van der Waals surface area (Å²) in [4.78, 5) is 15.2. The zero-order valence-electron chi connectivity index (χ0n) is 18.2. The van der Waals surface area contributed by atoms with Gasteiger partial charge in [0.2, 0.25) is 5.82 Å². The Morgan fingerprint density at radius 1 is 1.12 bits per heavy atom. The van der Waals surface area contributed by atoms with Crippen LogP contribution in [-0.2, 0) is 11.8 Å². The maximum absolute atomic E-state index is 12.8. The number of tetrazole rings is 1. The van der Waals surface area contributed by atoms with Crippen LogP contribution in [0.1, 0.15) is 48.4 Å². The molecule has 0 unspecified atom stereocenters. The Bertz CT molecular complexity index is 1210.